The molecule has 110 valence electrons. The summed E-state index contributed by atoms with van der Waals surface area (Å²) in [5, 5.41) is 0. The van der Waals surface area contributed by atoms with E-state index in [0.29, 0.717) is 10.3 Å². The molecule has 1 heterocycles. The number of hydrogen-bond acceptors (Lipinski definition) is 4. The van der Waals surface area contributed by atoms with Crippen molar-refractivity contribution in [2.24, 2.45) is 7.05 Å². The van der Waals surface area contributed by atoms with Gasteiger partial charge in [-0.25, -0.2) is 18.5 Å². The van der Waals surface area contributed by atoms with Crippen LogP contribution in [0.5, 0.6) is 0 Å². The summed E-state index contributed by atoms with van der Waals surface area (Å²) in [4.78, 5) is 35.4. The standard InChI is InChI=1S/C13H10ClFN2O4/c1-7-5-11(18)17(13(20)16(7)2)10-6-8(12(19)21-14)3-4-9(10)15/h3-6H,1-2H3. The lowest BCUT2D eigenvalue weighted by Crippen LogP contribution is -2.38. The van der Waals surface area contributed by atoms with Crippen molar-refractivity contribution in [2.75, 3.05) is 0 Å². The van der Waals surface area contributed by atoms with E-state index in [9.17, 15) is 18.8 Å². The van der Waals surface area contributed by atoms with Crippen molar-refractivity contribution in [2.45, 2.75) is 6.92 Å². The lowest BCUT2D eigenvalue weighted by Gasteiger charge is -2.10. The summed E-state index contributed by atoms with van der Waals surface area (Å²) in [5.74, 6) is -1.75. The summed E-state index contributed by atoms with van der Waals surface area (Å²) < 4.78 is 19.8. The molecule has 8 heteroatoms. The van der Waals surface area contributed by atoms with Crippen LogP contribution in [0, 0.1) is 12.7 Å². The maximum atomic E-state index is 13.9. The first-order valence-electron chi connectivity index (χ1n) is 5.79. The van der Waals surface area contributed by atoms with Crippen LogP contribution in [-0.4, -0.2) is 15.1 Å². The highest BCUT2D eigenvalue weighted by Gasteiger charge is 2.16. The van der Waals surface area contributed by atoms with Crippen molar-refractivity contribution in [3.05, 3.63) is 62.2 Å². The van der Waals surface area contributed by atoms with Gasteiger partial charge in [0.2, 0.25) is 0 Å². The van der Waals surface area contributed by atoms with Gasteiger partial charge in [-0.1, -0.05) is 0 Å². The molecule has 0 aliphatic carbocycles. The molecule has 0 aliphatic rings. The third kappa shape index (κ3) is 2.59. The van der Waals surface area contributed by atoms with E-state index in [1.54, 1.807) is 6.92 Å². The Labute approximate surface area is 123 Å². The Bertz CT molecular complexity index is 841. The average molecular weight is 313 g/mol. The van der Waals surface area contributed by atoms with Crippen molar-refractivity contribution in [3.8, 4) is 5.69 Å². The van der Waals surface area contributed by atoms with Gasteiger partial charge in [-0.15, -0.1) is 0 Å². The highest BCUT2D eigenvalue weighted by atomic mass is 35.5. The highest BCUT2D eigenvalue weighted by Crippen LogP contribution is 2.14. The minimum atomic E-state index is -0.921. The Kier molecular flexibility index (Phi) is 3.95. The van der Waals surface area contributed by atoms with Gasteiger partial charge in [0.05, 0.1) is 11.3 Å². The molecule has 1 aromatic carbocycles. The van der Waals surface area contributed by atoms with E-state index in [2.05, 4.69) is 4.29 Å². The zero-order valence-corrected chi connectivity index (χ0v) is 11.8. The number of halogens is 2. The molecule has 1 aromatic heterocycles. The van der Waals surface area contributed by atoms with Crippen LogP contribution in [0.2, 0.25) is 0 Å². The Balaban J connectivity index is 2.79. The van der Waals surface area contributed by atoms with Gasteiger partial charge in [-0.3, -0.25) is 4.79 Å². The second-order valence-electron chi connectivity index (χ2n) is 4.33. The molecule has 0 saturated carbocycles. The van der Waals surface area contributed by atoms with Crippen molar-refractivity contribution in [3.63, 3.8) is 0 Å². The molecule has 21 heavy (non-hydrogen) atoms. The first kappa shape index (κ1) is 15.0. The van der Waals surface area contributed by atoms with Crippen LogP contribution >= 0.6 is 11.9 Å². The maximum Gasteiger partial charge on any atom is 0.356 e. The molecule has 0 radical (unpaired) electrons. The van der Waals surface area contributed by atoms with Crippen LogP contribution in [0.25, 0.3) is 5.69 Å². The highest BCUT2D eigenvalue weighted by molar-refractivity contribution is 6.15. The summed E-state index contributed by atoms with van der Waals surface area (Å²) in [6.07, 6.45) is 0. The molecule has 0 aliphatic heterocycles. The van der Waals surface area contributed by atoms with Gasteiger partial charge in [0.1, 0.15) is 17.7 Å². The summed E-state index contributed by atoms with van der Waals surface area (Å²) >= 11 is 4.96. The second kappa shape index (κ2) is 5.53. The predicted octanol–water partition coefficient (Wildman–Crippen LogP) is 1.29. The first-order chi connectivity index (χ1) is 9.86. The fraction of sp³-hybridized carbons (Fsp3) is 0.154. The number of hydrogen-bond donors (Lipinski definition) is 0. The summed E-state index contributed by atoms with van der Waals surface area (Å²) in [7, 11) is 1.45. The fourth-order valence-electron chi connectivity index (χ4n) is 1.81. The minimum absolute atomic E-state index is 0.0871. The number of nitrogens with zero attached hydrogens (tertiary/aromatic N) is 2. The van der Waals surface area contributed by atoms with Gasteiger partial charge in [-0.2, -0.15) is 0 Å². The van der Waals surface area contributed by atoms with Gasteiger partial charge in [0.25, 0.3) is 5.56 Å². The van der Waals surface area contributed by atoms with Crippen molar-refractivity contribution >= 4 is 17.8 Å². The largest absolute Gasteiger partial charge is 0.356 e. The van der Waals surface area contributed by atoms with Crippen LogP contribution in [0.1, 0.15) is 16.1 Å². The SMILES string of the molecule is Cc1cc(=O)n(-c2cc(C(=O)OCl)ccc2F)c(=O)n1C. The number of aryl methyl sites for hydroxylation is 1. The lowest BCUT2D eigenvalue weighted by molar-refractivity contribution is 0.0751. The molecule has 0 spiro atoms. The third-order valence-electron chi connectivity index (χ3n) is 3.05. The topological polar surface area (TPSA) is 70.3 Å². The van der Waals surface area contributed by atoms with Gasteiger partial charge in [-0.05, 0) is 25.1 Å². The molecule has 0 amide bonds. The monoisotopic (exact) mass is 312 g/mol. The zero-order valence-electron chi connectivity index (χ0n) is 11.1. The first-order valence-corrected chi connectivity index (χ1v) is 6.10. The van der Waals surface area contributed by atoms with E-state index in [1.807, 2.05) is 0 Å². The molecular formula is C13H10ClFN2O4. The second-order valence-corrected chi connectivity index (χ2v) is 4.49. The van der Waals surface area contributed by atoms with Crippen LogP contribution in [0.4, 0.5) is 4.39 Å². The molecule has 0 N–H and O–H groups in total. The van der Waals surface area contributed by atoms with Crippen molar-refractivity contribution < 1.29 is 13.5 Å². The number of aromatic nitrogens is 2. The normalized spacial score (nSPS) is 10.5. The van der Waals surface area contributed by atoms with E-state index in [4.69, 9.17) is 11.9 Å². The van der Waals surface area contributed by atoms with E-state index >= 15 is 0 Å². The summed E-state index contributed by atoms with van der Waals surface area (Å²) in [5.41, 5.74) is -1.43. The Morgan fingerprint density at radius 2 is 1.95 bits per heavy atom. The van der Waals surface area contributed by atoms with Gasteiger partial charge >= 0.3 is 11.7 Å². The number of carbonyl (C=O) groups is 1. The predicted molar refractivity (Wildman–Crippen MR) is 73.2 cm³/mol. The molecule has 6 nitrogen and oxygen atoms in total. The molecular weight excluding hydrogens is 303 g/mol. The number of rotatable bonds is 2. The average Bonchev–Trinajstić information content (AvgIpc) is 2.46. The van der Waals surface area contributed by atoms with Crippen molar-refractivity contribution in [1.29, 1.82) is 0 Å². The fourth-order valence-corrected chi connectivity index (χ4v) is 1.90. The Hall–Kier alpha value is -2.41. The molecule has 0 unspecified atom stereocenters. The van der Waals surface area contributed by atoms with Gasteiger partial charge < -0.3 is 8.86 Å². The van der Waals surface area contributed by atoms with Crippen LogP contribution in [0.3, 0.4) is 0 Å². The Morgan fingerprint density at radius 3 is 2.57 bits per heavy atom. The summed E-state index contributed by atoms with van der Waals surface area (Å²) in [6, 6.07) is 4.29. The van der Waals surface area contributed by atoms with Gasteiger partial charge in [0.15, 0.2) is 0 Å². The lowest BCUT2D eigenvalue weighted by atomic mass is 10.2. The maximum absolute atomic E-state index is 13.9. The van der Waals surface area contributed by atoms with Crippen LogP contribution < -0.4 is 11.2 Å². The minimum Gasteiger partial charge on any atom is -0.343 e. The molecule has 2 aromatic rings. The molecule has 0 saturated heterocycles. The molecule has 0 fully saturated rings. The third-order valence-corrected chi connectivity index (χ3v) is 3.19. The van der Waals surface area contributed by atoms with Crippen molar-refractivity contribution in [1.82, 2.24) is 9.13 Å². The van der Waals surface area contributed by atoms with E-state index in [-0.39, 0.29) is 11.3 Å². The van der Waals surface area contributed by atoms with E-state index in [1.165, 1.54) is 17.7 Å². The van der Waals surface area contributed by atoms with E-state index < -0.39 is 23.0 Å². The summed E-state index contributed by atoms with van der Waals surface area (Å²) in [6.45, 7) is 1.57. The molecule has 2 rings (SSSR count). The molecule has 0 bridgehead atoms. The quantitative estimate of drug-likeness (QED) is 0.838. The zero-order chi connectivity index (χ0) is 15.7. The van der Waals surface area contributed by atoms with E-state index in [0.717, 1.165) is 18.2 Å². The van der Waals surface area contributed by atoms with Gasteiger partial charge in [0, 0.05) is 18.8 Å². The number of carbonyl (C=O) groups excluding carboxylic acids is 1. The Morgan fingerprint density at radius 1 is 1.29 bits per heavy atom. The smallest absolute Gasteiger partial charge is 0.343 e. The molecule has 0 atom stereocenters. The number of benzene rings is 1. The van der Waals surface area contributed by atoms with Crippen LogP contribution in [-0.2, 0) is 11.3 Å². The van der Waals surface area contributed by atoms with Crippen LogP contribution in [0.15, 0.2) is 33.9 Å².